The van der Waals surface area contributed by atoms with E-state index in [0.717, 1.165) is 36.6 Å². The van der Waals surface area contributed by atoms with Crippen LogP contribution in [0.4, 0.5) is 11.5 Å². The first-order valence-corrected chi connectivity index (χ1v) is 7.31. The normalized spacial score (nSPS) is 12.3. The van der Waals surface area contributed by atoms with Crippen LogP contribution < -0.4 is 11.1 Å². The molecule has 0 saturated heterocycles. The molecule has 4 heteroatoms. The smallest absolute Gasteiger partial charge is 0.148 e. The minimum absolute atomic E-state index is 0.255. The number of hydrogen-bond acceptors (Lipinski definition) is 3. The standard InChI is InChI=1S/C16H24N4/c1-4-11-20-16(15(17)12(3)19-20)18-14(5-2)13-9-7-6-8-10-13/h6-10,14,18H,4-5,11,17H2,1-3H3. The molecule has 108 valence electrons. The highest BCUT2D eigenvalue weighted by Crippen LogP contribution is 2.28. The maximum Gasteiger partial charge on any atom is 0.148 e. The molecule has 0 aliphatic rings. The first kappa shape index (κ1) is 14.4. The van der Waals surface area contributed by atoms with Crippen LogP contribution in [-0.2, 0) is 6.54 Å². The zero-order chi connectivity index (χ0) is 14.5. The molecule has 0 aliphatic carbocycles. The fourth-order valence-corrected chi connectivity index (χ4v) is 2.39. The van der Waals surface area contributed by atoms with Crippen LogP contribution in [-0.4, -0.2) is 9.78 Å². The fourth-order valence-electron chi connectivity index (χ4n) is 2.39. The van der Waals surface area contributed by atoms with E-state index < -0.39 is 0 Å². The summed E-state index contributed by atoms with van der Waals surface area (Å²) in [5.74, 6) is 0.944. The van der Waals surface area contributed by atoms with Gasteiger partial charge in [0.2, 0.25) is 0 Å². The Morgan fingerprint density at radius 2 is 1.95 bits per heavy atom. The summed E-state index contributed by atoms with van der Waals surface area (Å²) in [5, 5.41) is 8.07. The summed E-state index contributed by atoms with van der Waals surface area (Å²) in [4.78, 5) is 0. The number of rotatable bonds is 6. The highest BCUT2D eigenvalue weighted by molar-refractivity contribution is 5.65. The van der Waals surface area contributed by atoms with Crippen molar-refractivity contribution in [3.63, 3.8) is 0 Å². The van der Waals surface area contributed by atoms with Crippen molar-refractivity contribution < 1.29 is 0 Å². The zero-order valence-electron chi connectivity index (χ0n) is 12.6. The van der Waals surface area contributed by atoms with E-state index in [2.05, 4.69) is 48.5 Å². The Morgan fingerprint density at radius 3 is 2.55 bits per heavy atom. The summed E-state index contributed by atoms with van der Waals surface area (Å²) in [6.45, 7) is 7.15. The molecular weight excluding hydrogens is 248 g/mol. The van der Waals surface area contributed by atoms with Crippen LogP contribution in [0.2, 0.25) is 0 Å². The Labute approximate surface area is 121 Å². The number of nitrogens with one attached hydrogen (secondary N) is 1. The first-order chi connectivity index (χ1) is 9.67. The van der Waals surface area contributed by atoms with Gasteiger partial charge in [0.05, 0.1) is 17.4 Å². The highest BCUT2D eigenvalue weighted by atomic mass is 15.3. The first-order valence-electron chi connectivity index (χ1n) is 7.31. The topological polar surface area (TPSA) is 55.9 Å². The van der Waals surface area contributed by atoms with Crippen molar-refractivity contribution >= 4 is 11.5 Å². The summed E-state index contributed by atoms with van der Waals surface area (Å²) < 4.78 is 1.98. The summed E-state index contributed by atoms with van der Waals surface area (Å²) in [6.07, 6.45) is 2.04. The molecule has 20 heavy (non-hydrogen) atoms. The molecule has 2 rings (SSSR count). The van der Waals surface area contributed by atoms with E-state index in [1.807, 2.05) is 17.7 Å². The Morgan fingerprint density at radius 1 is 1.25 bits per heavy atom. The van der Waals surface area contributed by atoms with Gasteiger partial charge in [0.25, 0.3) is 0 Å². The molecule has 0 amide bonds. The summed E-state index contributed by atoms with van der Waals surface area (Å²) in [7, 11) is 0. The number of nitrogen functional groups attached to an aromatic ring is 1. The van der Waals surface area contributed by atoms with E-state index in [0.29, 0.717) is 0 Å². The van der Waals surface area contributed by atoms with E-state index >= 15 is 0 Å². The van der Waals surface area contributed by atoms with Gasteiger partial charge in [0.15, 0.2) is 0 Å². The lowest BCUT2D eigenvalue weighted by Crippen LogP contribution is -2.14. The average Bonchev–Trinajstić information content (AvgIpc) is 2.73. The fraction of sp³-hybridized carbons (Fsp3) is 0.438. The van der Waals surface area contributed by atoms with Crippen molar-refractivity contribution in [3.05, 3.63) is 41.6 Å². The van der Waals surface area contributed by atoms with Gasteiger partial charge < -0.3 is 11.1 Å². The number of benzene rings is 1. The molecule has 0 bridgehead atoms. The third-order valence-electron chi connectivity index (χ3n) is 3.53. The largest absolute Gasteiger partial charge is 0.394 e. The maximum atomic E-state index is 6.17. The SMILES string of the molecule is CCCn1nc(C)c(N)c1NC(CC)c1ccccc1. The molecular formula is C16H24N4. The second-order valence-electron chi connectivity index (χ2n) is 5.09. The highest BCUT2D eigenvalue weighted by Gasteiger charge is 2.16. The van der Waals surface area contributed by atoms with Crippen LogP contribution in [0.5, 0.6) is 0 Å². The molecule has 0 spiro atoms. The molecule has 1 unspecified atom stereocenters. The monoisotopic (exact) mass is 272 g/mol. The predicted molar refractivity (Wildman–Crippen MR) is 84.8 cm³/mol. The number of aromatic nitrogens is 2. The molecule has 0 saturated carbocycles. The molecule has 0 radical (unpaired) electrons. The van der Waals surface area contributed by atoms with Crippen molar-refractivity contribution in [1.29, 1.82) is 0 Å². The molecule has 2 aromatic rings. The zero-order valence-corrected chi connectivity index (χ0v) is 12.6. The second kappa shape index (κ2) is 6.46. The minimum Gasteiger partial charge on any atom is -0.394 e. The molecule has 1 aromatic carbocycles. The van der Waals surface area contributed by atoms with E-state index in [1.165, 1.54) is 5.56 Å². The van der Waals surface area contributed by atoms with Crippen LogP contribution in [0, 0.1) is 6.92 Å². The molecule has 1 atom stereocenters. The molecule has 1 heterocycles. The maximum absolute atomic E-state index is 6.17. The van der Waals surface area contributed by atoms with Crippen LogP contribution in [0.3, 0.4) is 0 Å². The molecule has 4 nitrogen and oxygen atoms in total. The third kappa shape index (κ3) is 2.95. The van der Waals surface area contributed by atoms with Gasteiger partial charge in [0.1, 0.15) is 5.82 Å². The van der Waals surface area contributed by atoms with Gasteiger partial charge >= 0.3 is 0 Å². The van der Waals surface area contributed by atoms with Gasteiger partial charge in [-0.25, -0.2) is 4.68 Å². The van der Waals surface area contributed by atoms with Gasteiger partial charge in [-0.05, 0) is 25.3 Å². The Kier molecular flexibility index (Phi) is 4.66. The van der Waals surface area contributed by atoms with Crippen LogP contribution in [0.1, 0.15) is 44.0 Å². The van der Waals surface area contributed by atoms with E-state index in [9.17, 15) is 0 Å². The van der Waals surface area contributed by atoms with Gasteiger partial charge in [-0.1, -0.05) is 44.2 Å². The lowest BCUT2D eigenvalue weighted by molar-refractivity contribution is 0.595. The summed E-state index contributed by atoms with van der Waals surface area (Å²) >= 11 is 0. The van der Waals surface area contributed by atoms with Gasteiger partial charge in [-0.15, -0.1) is 0 Å². The van der Waals surface area contributed by atoms with Gasteiger partial charge in [-0.2, -0.15) is 5.10 Å². The predicted octanol–water partition coefficient (Wildman–Crippen LogP) is 3.75. The summed E-state index contributed by atoms with van der Waals surface area (Å²) in [6, 6.07) is 10.7. The van der Waals surface area contributed by atoms with Crippen LogP contribution >= 0.6 is 0 Å². The quantitative estimate of drug-likeness (QED) is 0.842. The van der Waals surface area contributed by atoms with Crippen LogP contribution in [0.25, 0.3) is 0 Å². The van der Waals surface area contributed by atoms with E-state index in [4.69, 9.17) is 5.73 Å². The van der Waals surface area contributed by atoms with Crippen molar-refractivity contribution in [2.24, 2.45) is 0 Å². The second-order valence-corrected chi connectivity index (χ2v) is 5.09. The molecule has 0 fully saturated rings. The van der Waals surface area contributed by atoms with Crippen molar-refractivity contribution in [2.45, 2.75) is 46.2 Å². The minimum atomic E-state index is 0.255. The third-order valence-corrected chi connectivity index (χ3v) is 3.53. The van der Waals surface area contributed by atoms with Gasteiger partial charge in [0, 0.05) is 6.54 Å². The number of hydrogen-bond donors (Lipinski definition) is 2. The Bertz CT molecular complexity index is 545. The number of nitrogens with zero attached hydrogens (tertiary/aromatic N) is 2. The number of anilines is 2. The van der Waals surface area contributed by atoms with Crippen molar-refractivity contribution in [2.75, 3.05) is 11.1 Å². The lowest BCUT2D eigenvalue weighted by atomic mass is 10.0. The number of aryl methyl sites for hydroxylation is 2. The van der Waals surface area contributed by atoms with Crippen molar-refractivity contribution in [3.8, 4) is 0 Å². The van der Waals surface area contributed by atoms with Crippen LogP contribution in [0.15, 0.2) is 30.3 Å². The van der Waals surface area contributed by atoms with Gasteiger partial charge in [-0.3, -0.25) is 0 Å². The lowest BCUT2D eigenvalue weighted by Gasteiger charge is -2.20. The Balaban J connectivity index is 2.28. The molecule has 3 N–H and O–H groups in total. The summed E-state index contributed by atoms with van der Waals surface area (Å²) in [5.41, 5.74) is 9.09. The van der Waals surface area contributed by atoms with E-state index in [1.54, 1.807) is 0 Å². The average molecular weight is 272 g/mol. The van der Waals surface area contributed by atoms with E-state index in [-0.39, 0.29) is 6.04 Å². The molecule has 1 aromatic heterocycles. The Hall–Kier alpha value is -1.97. The van der Waals surface area contributed by atoms with Crippen molar-refractivity contribution in [1.82, 2.24) is 9.78 Å². The molecule has 0 aliphatic heterocycles. The number of nitrogens with two attached hydrogens (primary N) is 1.